The van der Waals surface area contributed by atoms with Crippen LogP contribution >= 0.6 is 11.3 Å². The van der Waals surface area contributed by atoms with E-state index in [1.165, 1.54) is 11.3 Å². The van der Waals surface area contributed by atoms with Crippen LogP contribution in [0.2, 0.25) is 0 Å². The summed E-state index contributed by atoms with van der Waals surface area (Å²) in [6.07, 6.45) is 7.71. The number of anilines is 1. The zero-order chi connectivity index (χ0) is 17.1. The van der Waals surface area contributed by atoms with Gasteiger partial charge in [-0.25, -0.2) is 9.78 Å². The lowest BCUT2D eigenvalue weighted by Crippen LogP contribution is -2.23. The maximum Gasteiger partial charge on any atom is 0.350 e. The molecule has 1 aliphatic rings. The largest absolute Gasteiger partial charge is 0.508 e. The summed E-state index contributed by atoms with van der Waals surface area (Å²) in [5.41, 5.74) is 1.43. The topological polar surface area (TPSA) is 62.7 Å². The highest BCUT2D eigenvalue weighted by molar-refractivity contribution is 7.17. The van der Waals surface area contributed by atoms with Gasteiger partial charge < -0.3 is 14.7 Å². The molecule has 124 valence electrons. The molecule has 1 aromatic heterocycles. The summed E-state index contributed by atoms with van der Waals surface area (Å²) in [6, 6.07) is 7.03. The number of benzene rings is 1. The van der Waals surface area contributed by atoms with Crippen LogP contribution in [0.1, 0.15) is 33.9 Å². The molecular formula is C18H18N2O3S. The minimum absolute atomic E-state index is 0.184. The van der Waals surface area contributed by atoms with E-state index in [1.807, 2.05) is 41.5 Å². The van der Waals surface area contributed by atoms with Gasteiger partial charge in [0, 0.05) is 11.8 Å². The summed E-state index contributed by atoms with van der Waals surface area (Å²) in [7, 11) is 0. The smallest absolute Gasteiger partial charge is 0.350 e. The molecule has 1 N–H and O–H groups in total. The molecule has 1 aliphatic heterocycles. The van der Waals surface area contributed by atoms with Gasteiger partial charge >= 0.3 is 5.97 Å². The number of rotatable bonds is 4. The third-order valence-corrected chi connectivity index (χ3v) is 4.82. The molecular weight excluding hydrogens is 324 g/mol. The molecule has 24 heavy (non-hydrogen) atoms. The van der Waals surface area contributed by atoms with Crippen LogP contribution in [0, 0.1) is 6.92 Å². The van der Waals surface area contributed by atoms with Gasteiger partial charge in [-0.3, -0.25) is 0 Å². The standard InChI is InChI=1S/C18H18N2O3S/c1-3-23-17(22)16-12(2)19-18(24-16)20-11-7-6-9-14(20)13-8-4-5-10-15(13)21/h4-11,14,21H,3H2,1-2H3. The van der Waals surface area contributed by atoms with Crippen LogP contribution in [0.4, 0.5) is 5.13 Å². The van der Waals surface area contributed by atoms with Gasteiger partial charge in [-0.2, -0.15) is 0 Å². The summed E-state index contributed by atoms with van der Waals surface area (Å²) in [4.78, 5) is 19.0. The molecule has 1 unspecified atom stereocenters. The molecule has 0 saturated heterocycles. The maximum atomic E-state index is 12.0. The maximum absolute atomic E-state index is 12.0. The number of thiazole rings is 1. The third-order valence-electron chi connectivity index (χ3n) is 3.67. The van der Waals surface area contributed by atoms with E-state index in [4.69, 9.17) is 4.74 Å². The Balaban J connectivity index is 1.97. The highest BCUT2D eigenvalue weighted by atomic mass is 32.1. The summed E-state index contributed by atoms with van der Waals surface area (Å²) in [6.45, 7) is 3.91. The van der Waals surface area contributed by atoms with Crippen LogP contribution < -0.4 is 4.90 Å². The molecule has 0 fully saturated rings. The highest BCUT2D eigenvalue weighted by Crippen LogP contribution is 2.37. The molecule has 0 saturated carbocycles. The van der Waals surface area contributed by atoms with Gasteiger partial charge in [-0.15, -0.1) is 0 Å². The molecule has 0 bridgehead atoms. The highest BCUT2D eigenvalue weighted by Gasteiger charge is 2.26. The number of aromatic hydroxyl groups is 1. The van der Waals surface area contributed by atoms with Gasteiger partial charge in [0.25, 0.3) is 0 Å². The first kappa shape index (κ1) is 16.3. The van der Waals surface area contributed by atoms with Crippen molar-refractivity contribution in [1.82, 2.24) is 4.98 Å². The van der Waals surface area contributed by atoms with Gasteiger partial charge in [-0.05, 0) is 26.0 Å². The van der Waals surface area contributed by atoms with Gasteiger partial charge in [0.1, 0.15) is 10.6 Å². The number of ether oxygens (including phenoxy) is 1. The molecule has 0 radical (unpaired) electrons. The molecule has 1 atom stereocenters. The van der Waals surface area contributed by atoms with Gasteiger partial charge in [-0.1, -0.05) is 41.7 Å². The number of hydrogen-bond donors (Lipinski definition) is 1. The van der Waals surface area contributed by atoms with E-state index in [0.717, 1.165) is 5.56 Å². The van der Waals surface area contributed by atoms with Crippen molar-refractivity contribution in [3.63, 3.8) is 0 Å². The first-order valence-electron chi connectivity index (χ1n) is 7.67. The minimum atomic E-state index is -0.352. The number of esters is 1. The van der Waals surface area contributed by atoms with E-state index in [9.17, 15) is 9.90 Å². The lowest BCUT2D eigenvalue weighted by Gasteiger charge is -2.28. The Morgan fingerprint density at radius 1 is 1.38 bits per heavy atom. The van der Waals surface area contributed by atoms with Gasteiger partial charge in [0.2, 0.25) is 0 Å². The Labute approximate surface area is 144 Å². The number of hydrogen-bond acceptors (Lipinski definition) is 6. The minimum Gasteiger partial charge on any atom is -0.508 e. The van der Waals surface area contributed by atoms with Crippen molar-refractivity contribution in [2.45, 2.75) is 19.9 Å². The van der Waals surface area contributed by atoms with E-state index >= 15 is 0 Å². The number of para-hydroxylation sites is 1. The quantitative estimate of drug-likeness (QED) is 0.852. The molecule has 3 rings (SSSR count). The second kappa shape index (κ2) is 6.88. The van der Waals surface area contributed by atoms with Crippen molar-refractivity contribution < 1.29 is 14.6 Å². The van der Waals surface area contributed by atoms with Crippen molar-refractivity contribution in [3.05, 3.63) is 64.8 Å². The lowest BCUT2D eigenvalue weighted by molar-refractivity contribution is 0.0531. The SMILES string of the molecule is CCOC(=O)c1sc(N2C=CC=CC2c2ccccc2O)nc1C. The second-order valence-electron chi connectivity index (χ2n) is 5.27. The van der Waals surface area contributed by atoms with E-state index in [2.05, 4.69) is 4.98 Å². The summed E-state index contributed by atoms with van der Waals surface area (Å²) < 4.78 is 5.08. The fraction of sp³-hybridized carbons (Fsp3) is 0.222. The van der Waals surface area contributed by atoms with Crippen molar-refractivity contribution in [1.29, 1.82) is 0 Å². The number of nitrogens with zero attached hydrogens (tertiary/aromatic N) is 2. The molecule has 1 aromatic carbocycles. The first-order valence-corrected chi connectivity index (χ1v) is 8.49. The van der Waals surface area contributed by atoms with E-state index in [1.54, 1.807) is 26.0 Å². The predicted molar refractivity (Wildman–Crippen MR) is 94.4 cm³/mol. The average Bonchev–Trinajstić information content (AvgIpc) is 2.97. The Hall–Kier alpha value is -2.60. The zero-order valence-corrected chi connectivity index (χ0v) is 14.3. The number of aromatic nitrogens is 1. The van der Waals surface area contributed by atoms with Crippen molar-refractivity contribution in [2.24, 2.45) is 0 Å². The van der Waals surface area contributed by atoms with Gasteiger partial charge in [0.15, 0.2) is 5.13 Å². The number of carbonyl (C=O) groups excluding carboxylic acids is 1. The van der Waals surface area contributed by atoms with Crippen LogP contribution in [-0.2, 0) is 4.74 Å². The Morgan fingerprint density at radius 2 is 2.17 bits per heavy atom. The number of allylic oxidation sites excluding steroid dienone is 2. The molecule has 0 amide bonds. The Morgan fingerprint density at radius 3 is 2.92 bits per heavy atom. The van der Waals surface area contributed by atoms with Crippen LogP contribution in [0.3, 0.4) is 0 Å². The number of phenols is 1. The number of phenolic OH excluding ortho intramolecular Hbond substituents is 1. The Kier molecular flexibility index (Phi) is 4.66. The molecule has 5 nitrogen and oxygen atoms in total. The molecule has 0 aliphatic carbocycles. The van der Waals surface area contributed by atoms with Crippen LogP contribution in [0.15, 0.2) is 48.7 Å². The zero-order valence-electron chi connectivity index (χ0n) is 13.5. The van der Waals surface area contributed by atoms with Crippen LogP contribution in [0.5, 0.6) is 5.75 Å². The molecule has 0 spiro atoms. The van der Waals surface area contributed by atoms with Gasteiger partial charge in [0.05, 0.1) is 18.3 Å². The fourth-order valence-corrected chi connectivity index (χ4v) is 3.53. The monoisotopic (exact) mass is 342 g/mol. The van der Waals surface area contributed by atoms with E-state index in [-0.39, 0.29) is 17.8 Å². The molecule has 2 heterocycles. The summed E-state index contributed by atoms with van der Waals surface area (Å²) >= 11 is 1.29. The predicted octanol–water partition coefficient (Wildman–Crippen LogP) is 3.97. The average molecular weight is 342 g/mol. The summed E-state index contributed by atoms with van der Waals surface area (Å²) in [5.74, 6) is -0.124. The number of aryl methyl sites for hydroxylation is 1. The van der Waals surface area contributed by atoms with Crippen molar-refractivity contribution in [3.8, 4) is 5.75 Å². The normalized spacial score (nSPS) is 16.4. The number of carbonyl (C=O) groups is 1. The fourth-order valence-electron chi connectivity index (χ4n) is 2.55. The van der Waals surface area contributed by atoms with Crippen molar-refractivity contribution in [2.75, 3.05) is 11.5 Å². The van der Waals surface area contributed by atoms with Crippen LogP contribution in [-0.4, -0.2) is 22.7 Å². The lowest BCUT2D eigenvalue weighted by atomic mass is 10.0. The second-order valence-corrected chi connectivity index (χ2v) is 6.25. The van der Waals surface area contributed by atoms with E-state index < -0.39 is 0 Å². The third kappa shape index (κ3) is 3.05. The van der Waals surface area contributed by atoms with Crippen LogP contribution in [0.25, 0.3) is 0 Å². The van der Waals surface area contributed by atoms with Crippen molar-refractivity contribution >= 4 is 22.4 Å². The van der Waals surface area contributed by atoms with E-state index in [0.29, 0.717) is 22.3 Å². The molecule has 2 aromatic rings. The Bertz CT molecular complexity index is 810. The summed E-state index contributed by atoms with van der Waals surface area (Å²) in [5, 5.41) is 10.9. The molecule has 6 heteroatoms. The first-order chi connectivity index (χ1) is 11.6.